The van der Waals surface area contributed by atoms with Crippen molar-refractivity contribution in [3.05, 3.63) is 70.3 Å². The number of fused-ring (bicyclic) bond motifs is 2. The van der Waals surface area contributed by atoms with E-state index < -0.39 is 0 Å². The van der Waals surface area contributed by atoms with Crippen molar-refractivity contribution < 1.29 is 19.0 Å². The Morgan fingerprint density at radius 1 is 1.27 bits per heavy atom. The van der Waals surface area contributed by atoms with Crippen molar-refractivity contribution in [3.63, 3.8) is 0 Å². The van der Waals surface area contributed by atoms with Crippen LogP contribution in [0.4, 0.5) is 10.2 Å². The molecule has 3 heterocycles. The van der Waals surface area contributed by atoms with Crippen LogP contribution in [0.5, 0.6) is 11.8 Å². The number of benzene rings is 2. The van der Waals surface area contributed by atoms with Crippen LogP contribution in [0.25, 0.3) is 28.0 Å². The number of aryl methyl sites for hydroxylation is 1. The molecule has 2 aliphatic heterocycles. The molecule has 1 saturated heterocycles. The van der Waals surface area contributed by atoms with E-state index in [0.717, 1.165) is 46.9 Å². The van der Waals surface area contributed by atoms with Crippen LogP contribution in [-0.2, 0) is 11.2 Å². The predicted molar refractivity (Wildman–Crippen MR) is 203 cm³/mol. The van der Waals surface area contributed by atoms with E-state index >= 15 is 4.39 Å². The Bertz CT molecular complexity index is 2010. The number of amides is 1. The second kappa shape index (κ2) is 15.0. The van der Waals surface area contributed by atoms with Crippen molar-refractivity contribution in [1.29, 1.82) is 0 Å². The standard InChI is InChI=1S/C39H47FN8O3/c1-7-27-31(40)11-10-23-16-26(49)18-29(34(23)27)30-19-33-35(28(8-2)36(30)44-22(3)4)37(46-39(45-33)51-21-24-12-14-43-24)48-15-9-13-42-25(20-48)17-32(41)38(50)47(5)6/h8,10-11,16-19,22,24,43,49H,7,9,12-15,20-21,41H2,1-6H3/b28-8-,32-17-,44-36?. The molecule has 12 heteroatoms. The van der Waals surface area contributed by atoms with E-state index in [0.29, 0.717) is 66.7 Å². The highest BCUT2D eigenvalue weighted by atomic mass is 19.1. The third kappa shape index (κ3) is 7.37. The van der Waals surface area contributed by atoms with Crippen LogP contribution in [0.1, 0.15) is 62.9 Å². The number of nitrogens with one attached hydrogen (secondary N) is 1. The highest BCUT2D eigenvalue weighted by Gasteiger charge is 2.33. The van der Waals surface area contributed by atoms with Gasteiger partial charge in [0.05, 0.1) is 34.9 Å². The number of aromatic nitrogens is 2. The first-order chi connectivity index (χ1) is 24.5. The van der Waals surface area contributed by atoms with Gasteiger partial charge in [-0.3, -0.25) is 14.8 Å². The molecule has 11 nitrogen and oxygen atoms in total. The molecule has 4 N–H and O–H groups in total. The number of hydrogen-bond acceptors (Lipinski definition) is 10. The maximum atomic E-state index is 15.4. The first-order valence-electron chi connectivity index (χ1n) is 17.7. The van der Waals surface area contributed by atoms with Crippen molar-refractivity contribution in [2.45, 2.75) is 59.0 Å². The maximum absolute atomic E-state index is 15.4. The number of hydrogen-bond donors (Lipinski definition) is 3. The van der Waals surface area contributed by atoms with Gasteiger partial charge in [-0.15, -0.1) is 0 Å². The van der Waals surface area contributed by atoms with Crippen LogP contribution in [0, 0.1) is 5.82 Å². The average molecular weight is 695 g/mol. The number of anilines is 1. The molecular formula is C39H47FN8O3. The number of rotatable bonds is 9. The summed E-state index contributed by atoms with van der Waals surface area (Å²) in [7, 11) is 3.32. The van der Waals surface area contributed by atoms with Gasteiger partial charge in [-0.25, -0.2) is 4.39 Å². The largest absolute Gasteiger partial charge is 0.508 e. The molecule has 1 fully saturated rings. The van der Waals surface area contributed by atoms with E-state index in [1.54, 1.807) is 38.4 Å². The van der Waals surface area contributed by atoms with Gasteiger partial charge >= 0.3 is 6.01 Å². The van der Waals surface area contributed by atoms with E-state index in [-0.39, 0.29) is 41.3 Å². The smallest absolute Gasteiger partial charge is 0.319 e. The number of phenolic OH excluding ortho intramolecular Hbond substituents is 1. The van der Waals surface area contributed by atoms with Crippen LogP contribution in [0.15, 0.2) is 52.1 Å². The Morgan fingerprint density at radius 3 is 2.73 bits per heavy atom. The fourth-order valence-corrected chi connectivity index (χ4v) is 6.76. The van der Waals surface area contributed by atoms with Crippen LogP contribution >= 0.6 is 0 Å². The molecule has 0 spiro atoms. The number of carbonyl (C=O) groups excluding carboxylic acids is 1. The number of nitrogens with zero attached hydrogens (tertiary/aromatic N) is 6. The third-order valence-corrected chi connectivity index (χ3v) is 9.30. The summed E-state index contributed by atoms with van der Waals surface area (Å²) in [5.41, 5.74) is 11.8. The Morgan fingerprint density at radius 2 is 2.06 bits per heavy atom. The van der Waals surface area contributed by atoms with Crippen molar-refractivity contribution in [1.82, 2.24) is 20.2 Å². The summed E-state index contributed by atoms with van der Waals surface area (Å²) in [4.78, 5) is 36.1. The zero-order valence-corrected chi connectivity index (χ0v) is 30.3. The van der Waals surface area contributed by atoms with Gasteiger partial charge in [0.15, 0.2) is 0 Å². The minimum absolute atomic E-state index is 0.0700. The van der Waals surface area contributed by atoms with Gasteiger partial charge in [0.1, 0.15) is 24.0 Å². The topological polar surface area (TPSA) is 142 Å². The summed E-state index contributed by atoms with van der Waals surface area (Å²) in [6, 6.07) is 6.86. The molecule has 0 bridgehead atoms. The zero-order valence-electron chi connectivity index (χ0n) is 30.3. The minimum Gasteiger partial charge on any atom is -0.508 e. The fraction of sp³-hybridized carbons (Fsp3) is 0.410. The van der Waals surface area contributed by atoms with Crippen molar-refractivity contribution in [3.8, 4) is 11.8 Å². The Labute approximate surface area is 298 Å². The molecule has 0 radical (unpaired) electrons. The summed E-state index contributed by atoms with van der Waals surface area (Å²) in [5, 5.41) is 15.8. The van der Waals surface area contributed by atoms with Gasteiger partial charge in [0.2, 0.25) is 0 Å². The molecule has 1 amide bonds. The molecule has 1 aromatic heterocycles. The number of carbonyl (C=O) groups is 1. The minimum atomic E-state index is -0.298. The van der Waals surface area contributed by atoms with E-state index in [4.69, 9.17) is 30.4 Å². The number of halogens is 1. The van der Waals surface area contributed by atoms with Crippen molar-refractivity contribution in [2.75, 3.05) is 51.8 Å². The molecule has 1 atom stereocenters. The molecule has 1 aliphatic carbocycles. The summed E-state index contributed by atoms with van der Waals surface area (Å²) < 4.78 is 21.6. The van der Waals surface area contributed by atoms with Gasteiger partial charge in [0.25, 0.3) is 5.91 Å². The first-order valence-corrected chi connectivity index (χ1v) is 17.7. The second-order valence-electron chi connectivity index (χ2n) is 13.6. The quantitative estimate of drug-likeness (QED) is 0.261. The molecule has 6 rings (SSSR count). The summed E-state index contributed by atoms with van der Waals surface area (Å²) in [5.74, 6) is 0.133. The van der Waals surface area contributed by atoms with Crippen LogP contribution in [-0.4, -0.2) is 96.3 Å². The number of phenols is 1. The number of aromatic hydroxyl groups is 1. The van der Waals surface area contributed by atoms with Gasteiger partial charge < -0.3 is 30.7 Å². The lowest BCUT2D eigenvalue weighted by Gasteiger charge is -2.31. The van der Waals surface area contributed by atoms with E-state index in [9.17, 15) is 9.90 Å². The van der Waals surface area contributed by atoms with Crippen LogP contribution in [0.3, 0.4) is 0 Å². The number of allylic oxidation sites excluding steroid dienone is 3. The molecule has 2 aromatic carbocycles. The zero-order chi connectivity index (χ0) is 36.4. The molecule has 3 aromatic rings. The van der Waals surface area contributed by atoms with Crippen molar-refractivity contribution in [2.24, 2.45) is 15.7 Å². The maximum Gasteiger partial charge on any atom is 0.319 e. The first kappa shape index (κ1) is 35.7. The molecule has 3 aliphatic rings. The Kier molecular flexibility index (Phi) is 10.5. The monoisotopic (exact) mass is 694 g/mol. The van der Waals surface area contributed by atoms with Crippen LogP contribution < -0.4 is 20.7 Å². The molecule has 1 unspecified atom stereocenters. The predicted octanol–water partition coefficient (Wildman–Crippen LogP) is 5.17. The number of nitrogens with two attached hydrogens (primary N) is 1. The van der Waals surface area contributed by atoms with E-state index in [2.05, 4.69) is 10.2 Å². The number of likely N-dealkylation sites (N-methyl/N-ethyl adjacent to an activating group) is 1. The lowest BCUT2D eigenvalue weighted by atomic mass is 9.82. The lowest BCUT2D eigenvalue weighted by Crippen LogP contribution is -2.46. The number of aliphatic imine (C=N–C) groups is 2. The highest BCUT2D eigenvalue weighted by molar-refractivity contribution is 6.50. The lowest BCUT2D eigenvalue weighted by molar-refractivity contribution is -0.124. The van der Waals surface area contributed by atoms with Crippen LogP contribution in [0.2, 0.25) is 0 Å². The summed E-state index contributed by atoms with van der Waals surface area (Å²) in [6.07, 6.45) is 7.83. The summed E-state index contributed by atoms with van der Waals surface area (Å²) in [6.45, 7) is 10.8. The van der Waals surface area contributed by atoms with Gasteiger partial charge in [-0.1, -0.05) is 19.1 Å². The second-order valence-corrected chi connectivity index (χ2v) is 13.6. The Hall–Kier alpha value is -5.10. The number of ether oxygens (including phenoxy) is 1. The van der Waals surface area contributed by atoms with E-state index in [1.807, 2.05) is 39.8 Å². The fourth-order valence-electron chi connectivity index (χ4n) is 6.76. The van der Waals surface area contributed by atoms with Gasteiger partial charge in [0, 0.05) is 50.4 Å². The molecule has 51 heavy (non-hydrogen) atoms. The van der Waals surface area contributed by atoms with E-state index in [1.165, 1.54) is 11.0 Å². The van der Waals surface area contributed by atoms with Gasteiger partial charge in [-0.2, -0.15) is 9.97 Å². The molecule has 0 saturated carbocycles. The third-order valence-electron chi connectivity index (χ3n) is 9.30. The van der Waals surface area contributed by atoms with Gasteiger partial charge in [-0.05, 0) is 98.8 Å². The summed E-state index contributed by atoms with van der Waals surface area (Å²) >= 11 is 0. The normalized spacial score (nSPS) is 19.5. The average Bonchev–Trinajstić information content (AvgIpc) is 3.31. The SMILES string of the molecule is C/C=C1\C(=NC(C)C)C(c2cc(O)cc3ccc(F)c(CC)c23)=Cc2nc(OCC3CCN3)nc(N3CCCN=C(/C=C(\N)C(=O)N(C)C)C3)c21. The van der Waals surface area contributed by atoms with Crippen molar-refractivity contribution >= 4 is 51.1 Å². The molecule has 268 valence electrons. The highest BCUT2D eigenvalue weighted by Crippen LogP contribution is 2.44. The molecular weight excluding hydrogens is 647 g/mol. The Balaban J connectivity index is 1.58.